The van der Waals surface area contributed by atoms with Crippen LogP contribution in [0.3, 0.4) is 0 Å². The number of aryl methyl sites for hydroxylation is 1. The number of rotatable bonds is 6. The van der Waals surface area contributed by atoms with Crippen LogP contribution in [0, 0.1) is 6.92 Å². The maximum absolute atomic E-state index is 11.8. The first-order valence-electron chi connectivity index (χ1n) is 6.05. The van der Waals surface area contributed by atoms with Gasteiger partial charge in [0.1, 0.15) is 5.78 Å². The Balaban J connectivity index is 2.42. The highest BCUT2D eigenvalue weighted by molar-refractivity contribution is 5.80. The maximum Gasteiger partial charge on any atom is 0.137 e. The van der Waals surface area contributed by atoms with Gasteiger partial charge in [-0.1, -0.05) is 29.8 Å². The van der Waals surface area contributed by atoms with E-state index in [1.165, 1.54) is 5.56 Å². The summed E-state index contributed by atoms with van der Waals surface area (Å²) in [6, 6.07) is 8.13. The maximum atomic E-state index is 11.8. The summed E-state index contributed by atoms with van der Waals surface area (Å²) in [5.74, 6) is 0.277. The fourth-order valence-electron chi connectivity index (χ4n) is 1.56. The topological polar surface area (TPSA) is 26.3 Å². The van der Waals surface area contributed by atoms with E-state index < -0.39 is 0 Å². The number of carbonyl (C=O) groups excluding carboxylic acids is 1. The molecule has 0 fully saturated rings. The Bertz CT molecular complexity index is 363. The van der Waals surface area contributed by atoms with Gasteiger partial charge in [0.15, 0.2) is 0 Å². The van der Waals surface area contributed by atoms with Crippen LogP contribution in [0.5, 0.6) is 0 Å². The predicted molar refractivity (Wildman–Crippen MR) is 70.2 cm³/mol. The van der Waals surface area contributed by atoms with Crippen molar-refractivity contribution in [3.05, 3.63) is 35.4 Å². The summed E-state index contributed by atoms with van der Waals surface area (Å²) in [5, 5.41) is 0. The SMILES string of the molecule is COC(C)(C)CCC(=O)Cc1ccc(C)cc1. The Morgan fingerprint density at radius 1 is 1.24 bits per heavy atom. The van der Waals surface area contributed by atoms with E-state index in [1.54, 1.807) is 7.11 Å². The van der Waals surface area contributed by atoms with Crippen LogP contribution in [-0.2, 0) is 16.0 Å². The molecule has 0 bridgehead atoms. The van der Waals surface area contributed by atoms with Gasteiger partial charge >= 0.3 is 0 Å². The molecule has 0 atom stereocenters. The average Bonchev–Trinajstić information content (AvgIpc) is 2.30. The van der Waals surface area contributed by atoms with Gasteiger partial charge in [-0.2, -0.15) is 0 Å². The Kier molecular flexibility index (Phi) is 4.88. The lowest BCUT2D eigenvalue weighted by Gasteiger charge is -2.22. The van der Waals surface area contributed by atoms with Crippen LogP contribution >= 0.6 is 0 Å². The molecular formula is C15H22O2. The first kappa shape index (κ1) is 13.9. The van der Waals surface area contributed by atoms with Crippen LogP contribution in [0.2, 0.25) is 0 Å². The molecule has 94 valence electrons. The number of methoxy groups -OCH3 is 1. The monoisotopic (exact) mass is 234 g/mol. The van der Waals surface area contributed by atoms with Gasteiger partial charge in [0.05, 0.1) is 5.60 Å². The lowest BCUT2D eigenvalue weighted by molar-refractivity contribution is -0.119. The van der Waals surface area contributed by atoms with Gasteiger partial charge in [0.25, 0.3) is 0 Å². The molecule has 0 aliphatic carbocycles. The van der Waals surface area contributed by atoms with Crippen molar-refractivity contribution in [3.63, 3.8) is 0 Å². The molecule has 0 spiro atoms. The number of ether oxygens (including phenoxy) is 1. The molecule has 1 aromatic rings. The van der Waals surface area contributed by atoms with Crippen molar-refractivity contribution >= 4 is 5.78 Å². The van der Waals surface area contributed by atoms with E-state index in [4.69, 9.17) is 4.74 Å². The minimum absolute atomic E-state index is 0.205. The van der Waals surface area contributed by atoms with Gasteiger partial charge in [0, 0.05) is 20.0 Å². The first-order chi connectivity index (χ1) is 7.93. The van der Waals surface area contributed by atoms with Crippen molar-refractivity contribution in [3.8, 4) is 0 Å². The number of carbonyl (C=O) groups is 1. The van der Waals surface area contributed by atoms with E-state index in [1.807, 2.05) is 45.0 Å². The standard InChI is InChI=1S/C15H22O2/c1-12-5-7-13(8-6-12)11-14(16)9-10-15(2,3)17-4/h5-8H,9-11H2,1-4H3. The summed E-state index contributed by atoms with van der Waals surface area (Å²) in [6.07, 6.45) is 1.88. The van der Waals surface area contributed by atoms with Crippen molar-refractivity contribution in [2.24, 2.45) is 0 Å². The largest absolute Gasteiger partial charge is 0.379 e. The minimum atomic E-state index is -0.205. The highest BCUT2D eigenvalue weighted by atomic mass is 16.5. The molecule has 0 aliphatic heterocycles. The zero-order valence-corrected chi connectivity index (χ0v) is 11.2. The number of hydrogen-bond acceptors (Lipinski definition) is 2. The smallest absolute Gasteiger partial charge is 0.137 e. The summed E-state index contributed by atoms with van der Waals surface area (Å²) in [5.41, 5.74) is 2.11. The van der Waals surface area contributed by atoms with Crippen LogP contribution in [0.1, 0.15) is 37.8 Å². The molecule has 0 radical (unpaired) electrons. The second-order valence-electron chi connectivity index (χ2n) is 5.16. The lowest BCUT2D eigenvalue weighted by atomic mass is 9.97. The summed E-state index contributed by atoms with van der Waals surface area (Å²) in [7, 11) is 1.68. The third-order valence-corrected chi connectivity index (χ3v) is 3.08. The first-order valence-corrected chi connectivity index (χ1v) is 6.05. The average molecular weight is 234 g/mol. The van der Waals surface area contributed by atoms with E-state index in [9.17, 15) is 4.79 Å². The molecular weight excluding hydrogens is 212 g/mol. The molecule has 0 saturated carbocycles. The highest BCUT2D eigenvalue weighted by Gasteiger charge is 2.17. The molecule has 0 aromatic heterocycles. The molecule has 2 heteroatoms. The normalized spacial score (nSPS) is 11.5. The molecule has 17 heavy (non-hydrogen) atoms. The van der Waals surface area contributed by atoms with Crippen molar-refractivity contribution in [1.82, 2.24) is 0 Å². The van der Waals surface area contributed by atoms with Crippen LogP contribution in [0.25, 0.3) is 0 Å². The summed E-state index contributed by atoms with van der Waals surface area (Å²) < 4.78 is 5.30. The number of ketones is 1. The molecule has 0 amide bonds. The van der Waals surface area contributed by atoms with Gasteiger partial charge in [0.2, 0.25) is 0 Å². The highest BCUT2D eigenvalue weighted by Crippen LogP contribution is 2.16. The lowest BCUT2D eigenvalue weighted by Crippen LogP contribution is -2.23. The van der Waals surface area contributed by atoms with Gasteiger partial charge < -0.3 is 4.74 Å². The Morgan fingerprint density at radius 2 is 1.82 bits per heavy atom. The van der Waals surface area contributed by atoms with E-state index in [0.717, 1.165) is 12.0 Å². The third-order valence-electron chi connectivity index (χ3n) is 3.08. The quantitative estimate of drug-likeness (QED) is 0.754. The number of Topliss-reactive ketones (excluding diaryl/α,β-unsaturated/α-hetero) is 1. The van der Waals surface area contributed by atoms with E-state index in [0.29, 0.717) is 12.8 Å². The van der Waals surface area contributed by atoms with Crippen LogP contribution in [0.15, 0.2) is 24.3 Å². The fraction of sp³-hybridized carbons (Fsp3) is 0.533. The molecule has 0 unspecified atom stereocenters. The second-order valence-corrected chi connectivity index (χ2v) is 5.16. The van der Waals surface area contributed by atoms with Crippen LogP contribution < -0.4 is 0 Å². The second kappa shape index (κ2) is 5.97. The Morgan fingerprint density at radius 3 is 2.35 bits per heavy atom. The molecule has 0 heterocycles. The van der Waals surface area contributed by atoms with Crippen molar-refractivity contribution in [2.75, 3.05) is 7.11 Å². The van der Waals surface area contributed by atoms with Crippen molar-refractivity contribution < 1.29 is 9.53 Å². The van der Waals surface area contributed by atoms with Gasteiger partial charge in [-0.15, -0.1) is 0 Å². The zero-order valence-electron chi connectivity index (χ0n) is 11.2. The summed E-state index contributed by atoms with van der Waals surface area (Å²) in [6.45, 7) is 6.06. The van der Waals surface area contributed by atoms with Crippen LogP contribution in [0.4, 0.5) is 0 Å². The third kappa shape index (κ3) is 5.14. The molecule has 0 aliphatic rings. The van der Waals surface area contributed by atoms with Gasteiger partial charge in [-0.3, -0.25) is 4.79 Å². The van der Waals surface area contributed by atoms with E-state index >= 15 is 0 Å². The number of hydrogen-bond donors (Lipinski definition) is 0. The Labute approximate surface area is 104 Å². The minimum Gasteiger partial charge on any atom is -0.379 e. The zero-order chi connectivity index (χ0) is 12.9. The molecule has 0 saturated heterocycles. The van der Waals surface area contributed by atoms with E-state index in [-0.39, 0.29) is 11.4 Å². The number of benzene rings is 1. The molecule has 0 N–H and O–H groups in total. The predicted octanol–water partition coefficient (Wildman–Crippen LogP) is 3.31. The van der Waals surface area contributed by atoms with Gasteiger partial charge in [-0.25, -0.2) is 0 Å². The van der Waals surface area contributed by atoms with Crippen molar-refractivity contribution in [1.29, 1.82) is 0 Å². The van der Waals surface area contributed by atoms with E-state index in [2.05, 4.69) is 0 Å². The Hall–Kier alpha value is -1.15. The van der Waals surface area contributed by atoms with Gasteiger partial charge in [-0.05, 0) is 32.8 Å². The summed E-state index contributed by atoms with van der Waals surface area (Å²) in [4.78, 5) is 11.8. The summed E-state index contributed by atoms with van der Waals surface area (Å²) >= 11 is 0. The molecule has 1 aromatic carbocycles. The fourth-order valence-corrected chi connectivity index (χ4v) is 1.56. The van der Waals surface area contributed by atoms with Crippen LogP contribution in [-0.4, -0.2) is 18.5 Å². The molecule has 1 rings (SSSR count). The van der Waals surface area contributed by atoms with Crippen molar-refractivity contribution in [2.45, 2.75) is 45.6 Å². The molecule has 2 nitrogen and oxygen atoms in total.